The van der Waals surface area contributed by atoms with E-state index in [9.17, 15) is 5.11 Å². The minimum atomic E-state index is -0.536. The average molecular weight is 264 g/mol. The smallest absolute Gasteiger partial charge is 0.217 e. The summed E-state index contributed by atoms with van der Waals surface area (Å²) in [6.45, 7) is 1.32. The number of aromatic nitrogens is 1. The van der Waals surface area contributed by atoms with Crippen molar-refractivity contribution >= 4 is 0 Å². The number of rotatable bonds is 5. The molecule has 0 aromatic carbocycles. The van der Waals surface area contributed by atoms with Crippen molar-refractivity contribution in [1.29, 1.82) is 0 Å². The first kappa shape index (κ1) is 14.3. The molecule has 0 aliphatic heterocycles. The van der Waals surface area contributed by atoms with E-state index in [0.717, 1.165) is 31.2 Å². The largest absolute Gasteiger partial charge is 0.481 e. The van der Waals surface area contributed by atoms with Crippen LogP contribution in [0.1, 0.15) is 44.1 Å². The van der Waals surface area contributed by atoms with Gasteiger partial charge in [-0.2, -0.15) is 0 Å². The van der Waals surface area contributed by atoms with Gasteiger partial charge in [0.1, 0.15) is 0 Å². The molecule has 1 saturated carbocycles. The van der Waals surface area contributed by atoms with Crippen LogP contribution in [-0.4, -0.2) is 29.3 Å². The Labute approximate surface area is 115 Å². The number of methoxy groups -OCH3 is 1. The van der Waals surface area contributed by atoms with Crippen LogP contribution in [0, 0.1) is 0 Å². The van der Waals surface area contributed by atoms with Crippen molar-refractivity contribution in [3.63, 3.8) is 0 Å². The van der Waals surface area contributed by atoms with Crippen molar-refractivity contribution in [2.24, 2.45) is 0 Å². The first-order chi connectivity index (χ1) is 9.23. The Morgan fingerprint density at radius 1 is 1.32 bits per heavy atom. The lowest BCUT2D eigenvalue weighted by Crippen LogP contribution is -2.39. The summed E-state index contributed by atoms with van der Waals surface area (Å²) in [5, 5.41) is 13.9. The molecule has 19 heavy (non-hydrogen) atoms. The van der Waals surface area contributed by atoms with E-state index < -0.39 is 5.60 Å². The molecule has 4 nitrogen and oxygen atoms in total. The molecule has 1 aliphatic rings. The molecular weight excluding hydrogens is 240 g/mol. The molecule has 0 amide bonds. The van der Waals surface area contributed by atoms with E-state index in [1.54, 1.807) is 13.3 Å². The van der Waals surface area contributed by atoms with Crippen LogP contribution in [0.25, 0.3) is 0 Å². The Hall–Kier alpha value is -1.13. The molecule has 2 N–H and O–H groups in total. The van der Waals surface area contributed by atoms with E-state index in [0.29, 0.717) is 19.0 Å². The van der Waals surface area contributed by atoms with Gasteiger partial charge in [0.25, 0.3) is 0 Å². The lowest BCUT2D eigenvalue weighted by Gasteiger charge is -2.27. The van der Waals surface area contributed by atoms with E-state index in [1.165, 1.54) is 12.8 Å². The maximum atomic E-state index is 10.5. The van der Waals surface area contributed by atoms with E-state index >= 15 is 0 Å². The van der Waals surface area contributed by atoms with Crippen LogP contribution in [0.4, 0.5) is 0 Å². The molecule has 0 atom stereocenters. The molecule has 1 aromatic rings. The number of pyridine rings is 1. The highest BCUT2D eigenvalue weighted by Crippen LogP contribution is 2.26. The van der Waals surface area contributed by atoms with Crippen LogP contribution in [0.15, 0.2) is 18.3 Å². The van der Waals surface area contributed by atoms with Crippen LogP contribution in [0.3, 0.4) is 0 Å². The summed E-state index contributed by atoms with van der Waals surface area (Å²) in [4.78, 5) is 4.17. The standard InChI is InChI=1S/C15H24N2O2/c1-19-14-13(7-6-10-17-14)11-16-12-15(18)8-4-2-3-5-9-15/h6-7,10,16,18H,2-5,8-9,11-12H2,1H3. The predicted molar refractivity (Wildman–Crippen MR) is 75.1 cm³/mol. The fourth-order valence-electron chi connectivity index (χ4n) is 2.74. The lowest BCUT2D eigenvalue weighted by atomic mass is 9.94. The predicted octanol–water partition coefficient (Wildman–Crippen LogP) is 2.27. The first-order valence-corrected chi connectivity index (χ1v) is 7.14. The van der Waals surface area contributed by atoms with Crippen molar-refractivity contribution in [3.8, 4) is 5.88 Å². The Morgan fingerprint density at radius 3 is 2.74 bits per heavy atom. The average Bonchev–Trinajstić information content (AvgIpc) is 2.64. The van der Waals surface area contributed by atoms with Gasteiger partial charge in [0.05, 0.1) is 12.7 Å². The summed E-state index contributed by atoms with van der Waals surface area (Å²) in [5.74, 6) is 0.655. The molecule has 1 heterocycles. The summed E-state index contributed by atoms with van der Waals surface area (Å²) in [6.07, 6.45) is 8.30. The van der Waals surface area contributed by atoms with Crippen molar-refractivity contribution in [2.45, 2.75) is 50.7 Å². The van der Waals surface area contributed by atoms with Gasteiger partial charge in [0, 0.05) is 24.8 Å². The SMILES string of the molecule is COc1ncccc1CNCC1(O)CCCCCC1. The highest BCUT2D eigenvalue weighted by atomic mass is 16.5. The second kappa shape index (κ2) is 6.87. The van der Waals surface area contributed by atoms with E-state index in [-0.39, 0.29) is 0 Å². The van der Waals surface area contributed by atoms with E-state index in [1.807, 2.05) is 12.1 Å². The number of ether oxygens (including phenoxy) is 1. The summed E-state index contributed by atoms with van der Waals surface area (Å²) < 4.78 is 5.22. The number of hydrogen-bond acceptors (Lipinski definition) is 4. The van der Waals surface area contributed by atoms with Crippen molar-refractivity contribution in [1.82, 2.24) is 10.3 Å². The van der Waals surface area contributed by atoms with Gasteiger partial charge in [0.2, 0.25) is 5.88 Å². The van der Waals surface area contributed by atoms with Gasteiger partial charge in [-0.3, -0.25) is 0 Å². The van der Waals surface area contributed by atoms with Gasteiger partial charge in [-0.05, 0) is 18.9 Å². The maximum Gasteiger partial charge on any atom is 0.217 e. The third-order valence-corrected chi connectivity index (χ3v) is 3.85. The van der Waals surface area contributed by atoms with E-state index in [4.69, 9.17) is 4.74 Å². The van der Waals surface area contributed by atoms with Gasteiger partial charge in [-0.1, -0.05) is 31.7 Å². The zero-order valence-corrected chi connectivity index (χ0v) is 11.7. The molecule has 0 saturated heterocycles. The summed E-state index contributed by atoms with van der Waals surface area (Å²) in [5.41, 5.74) is 0.494. The summed E-state index contributed by atoms with van der Waals surface area (Å²) >= 11 is 0. The van der Waals surface area contributed by atoms with Gasteiger partial charge < -0.3 is 15.2 Å². The lowest BCUT2D eigenvalue weighted by molar-refractivity contribution is 0.0250. The second-order valence-corrected chi connectivity index (χ2v) is 5.41. The Kier molecular flexibility index (Phi) is 5.16. The molecule has 0 spiro atoms. The molecule has 1 fully saturated rings. The number of hydrogen-bond donors (Lipinski definition) is 2. The molecule has 1 aromatic heterocycles. The van der Waals surface area contributed by atoms with Crippen LogP contribution < -0.4 is 10.1 Å². The maximum absolute atomic E-state index is 10.5. The summed E-state index contributed by atoms with van der Waals surface area (Å²) in [6, 6.07) is 3.90. The van der Waals surface area contributed by atoms with Crippen molar-refractivity contribution < 1.29 is 9.84 Å². The van der Waals surface area contributed by atoms with Crippen molar-refractivity contribution in [2.75, 3.05) is 13.7 Å². The Balaban J connectivity index is 1.85. The quantitative estimate of drug-likeness (QED) is 0.801. The fraction of sp³-hybridized carbons (Fsp3) is 0.667. The normalized spacial score (nSPS) is 18.8. The van der Waals surface area contributed by atoms with Crippen LogP contribution in [0.5, 0.6) is 5.88 Å². The Morgan fingerprint density at radius 2 is 2.05 bits per heavy atom. The molecule has 106 valence electrons. The minimum absolute atomic E-state index is 0.536. The zero-order chi connectivity index (χ0) is 13.6. The fourth-order valence-corrected chi connectivity index (χ4v) is 2.74. The second-order valence-electron chi connectivity index (χ2n) is 5.41. The van der Waals surface area contributed by atoms with Gasteiger partial charge in [0.15, 0.2) is 0 Å². The Bertz CT molecular complexity index is 387. The third kappa shape index (κ3) is 4.18. The van der Waals surface area contributed by atoms with Crippen LogP contribution in [0.2, 0.25) is 0 Å². The number of aliphatic hydroxyl groups is 1. The molecular formula is C15H24N2O2. The van der Waals surface area contributed by atoms with Crippen molar-refractivity contribution in [3.05, 3.63) is 23.9 Å². The van der Waals surface area contributed by atoms with Crippen LogP contribution >= 0.6 is 0 Å². The number of nitrogens with one attached hydrogen (secondary N) is 1. The molecule has 4 heteroatoms. The molecule has 1 aliphatic carbocycles. The van der Waals surface area contributed by atoms with Gasteiger partial charge in [-0.25, -0.2) is 4.98 Å². The third-order valence-electron chi connectivity index (χ3n) is 3.85. The molecule has 2 rings (SSSR count). The first-order valence-electron chi connectivity index (χ1n) is 7.14. The minimum Gasteiger partial charge on any atom is -0.481 e. The monoisotopic (exact) mass is 264 g/mol. The summed E-state index contributed by atoms with van der Waals surface area (Å²) in [7, 11) is 1.63. The number of nitrogens with zero attached hydrogens (tertiary/aromatic N) is 1. The molecule has 0 unspecified atom stereocenters. The highest BCUT2D eigenvalue weighted by molar-refractivity contribution is 5.25. The van der Waals surface area contributed by atoms with Gasteiger partial charge >= 0.3 is 0 Å². The van der Waals surface area contributed by atoms with Crippen LogP contribution in [-0.2, 0) is 6.54 Å². The topological polar surface area (TPSA) is 54.4 Å². The highest BCUT2D eigenvalue weighted by Gasteiger charge is 2.27. The van der Waals surface area contributed by atoms with Gasteiger partial charge in [-0.15, -0.1) is 0 Å². The zero-order valence-electron chi connectivity index (χ0n) is 11.7. The van der Waals surface area contributed by atoms with E-state index in [2.05, 4.69) is 10.3 Å². The molecule has 0 bridgehead atoms. The molecule has 0 radical (unpaired) electrons.